The average molecular weight is 454 g/mol. The van der Waals surface area contributed by atoms with Crippen LogP contribution in [0.2, 0.25) is 0 Å². The first-order valence-corrected chi connectivity index (χ1v) is 13.6. The fourth-order valence-electron chi connectivity index (χ4n) is 9.31. The maximum absolute atomic E-state index is 11.1. The second-order valence-electron chi connectivity index (χ2n) is 12.3. The molecule has 0 radical (unpaired) electrons. The Bertz CT molecular complexity index is 877. The molecule has 4 fully saturated rings. The summed E-state index contributed by atoms with van der Waals surface area (Å²) in [5.41, 5.74) is 0.387. The summed E-state index contributed by atoms with van der Waals surface area (Å²) in [4.78, 5) is 0. The highest BCUT2D eigenvalue weighted by Gasteiger charge is 2.58. The Morgan fingerprint density at radius 3 is 2.76 bits per heavy atom. The summed E-state index contributed by atoms with van der Waals surface area (Å²) < 4.78 is 7.63. The molecular formula is C28H43N3O2. The minimum absolute atomic E-state index is 0.447. The van der Waals surface area contributed by atoms with Crippen molar-refractivity contribution in [3.63, 3.8) is 0 Å². The van der Waals surface area contributed by atoms with Gasteiger partial charge < -0.3 is 9.84 Å². The lowest BCUT2D eigenvalue weighted by Gasteiger charge is -2.57. The molecule has 0 aromatic carbocycles. The second kappa shape index (κ2) is 9.00. The molecule has 1 aromatic heterocycles. The van der Waals surface area contributed by atoms with Crippen LogP contribution in [0.15, 0.2) is 12.3 Å². The standard InChI is InChI=1S/C28H43N3O2/c1-4-33-18-28(32)13-10-22-20(15-28)5-6-24-23(22)9-12-27(3)25(7-8-26(24)27)19(2)17-31-14-11-21(16-29)30-31/h11,14,19-20,22-26,32H,4-10,12-13,15,17-18H2,1-3H3/t19-,20+,22-,23+,24+,25?,26-,27+,28+/m0/s1. The van der Waals surface area contributed by atoms with Gasteiger partial charge in [-0.25, -0.2) is 0 Å². The van der Waals surface area contributed by atoms with E-state index in [0.29, 0.717) is 36.2 Å². The average Bonchev–Trinajstić information content (AvgIpc) is 3.40. The molecule has 182 valence electrons. The van der Waals surface area contributed by atoms with Gasteiger partial charge in [0.2, 0.25) is 0 Å². The third-order valence-electron chi connectivity index (χ3n) is 10.7. The van der Waals surface area contributed by atoms with Gasteiger partial charge in [-0.3, -0.25) is 4.68 Å². The van der Waals surface area contributed by atoms with E-state index in [1.165, 1.54) is 44.9 Å². The van der Waals surface area contributed by atoms with Crippen molar-refractivity contribution in [3.05, 3.63) is 18.0 Å². The third kappa shape index (κ3) is 4.16. The van der Waals surface area contributed by atoms with Gasteiger partial charge in [-0.05, 0) is 118 Å². The van der Waals surface area contributed by atoms with Crippen LogP contribution < -0.4 is 0 Å². The van der Waals surface area contributed by atoms with Crippen LogP contribution in [-0.2, 0) is 11.3 Å². The normalized spacial score (nSPS) is 43.2. The smallest absolute Gasteiger partial charge is 0.162 e. The first-order valence-electron chi connectivity index (χ1n) is 13.6. The molecule has 0 spiro atoms. The van der Waals surface area contributed by atoms with Crippen LogP contribution >= 0.6 is 0 Å². The monoisotopic (exact) mass is 453 g/mol. The molecule has 5 heteroatoms. The molecule has 1 heterocycles. The second-order valence-corrected chi connectivity index (χ2v) is 12.3. The van der Waals surface area contributed by atoms with Gasteiger partial charge in [0.25, 0.3) is 0 Å². The van der Waals surface area contributed by atoms with Gasteiger partial charge in [0.05, 0.1) is 12.2 Å². The zero-order valence-corrected chi connectivity index (χ0v) is 20.9. The number of hydrogen-bond acceptors (Lipinski definition) is 4. The fourth-order valence-corrected chi connectivity index (χ4v) is 9.31. The van der Waals surface area contributed by atoms with Gasteiger partial charge >= 0.3 is 0 Å². The van der Waals surface area contributed by atoms with E-state index in [1.807, 2.05) is 23.9 Å². The summed E-state index contributed by atoms with van der Waals surface area (Å²) in [5, 5.41) is 24.7. The Hall–Kier alpha value is -1.38. The van der Waals surface area contributed by atoms with Crippen molar-refractivity contribution in [3.8, 4) is 6.07 Å². The number of nitriles is 1. The molecule has 4 saturated carbocycles. The number of nitrogens with zero attached hydrogens (tertiary/aromatic N) is 3. The van der Waals surface area contributed by atoms with Crippen LogP contribution in [-0.4, -0.2) is 33.7 Å². The highest BCUT2D eigenvalue weighted by Crippen LogP contribution is 2.65. The number of rotatable bonds is 6. The predicted octanol–water partition coefficient (Wildman–Crippen LogP) is 5.43. The molecule has 5 rings (SSSR count). The van der Waals surface area contributed by atoms with E-state index in [9.17, 15) is 5.11 Å². The van der Waals surface area contributed by atoms with E-state index >= 15 is 0 Å². The van der Waals surface area contributed by atoms with E-state index in [-0.39, 0.29) is 0 Å². The maximum Gasteiger partial charge on any atom is 0.162 e. The van der Waals surface area contributed by atoms with Crippen molar-refractivity contribution in [1.82, 2.24) is 9.78 Å². The number of hydrogen-bond donors (Lipinski definition) is 1. The topological polar surface area (TPSA) is 71.1 Å². The number of aliphatic hydroxyl groups is 1. The van der Waals surface area contributed by atoms with Crippen molar-refractivity contribution in [2.24, 2.45) is 46.8 Å². The Morgan fingerprint density at radius 1 is 1.18 bits per heavy atom. The third-order valence-corrected chi connectivity index (χ3v) is 10.7. The predicted molar refractivity (Wildman–Crippen MR) is 128 cm³/mol. The van der Waals surface area contributed by atoms with Crippen molar-refractivity contribution in [2.75, 3.05) is 13.2 Å². The van der Waals surface area contributed by atoms with Crippen LogP contribution in [0.3, 0.4) is 0 Å². The van der Waals surface area contributed by atoms with Gasteiger partial charge in [0.1, 0.15) is 6.07 Å². The van der Waals surface area contributed by atoms with E-state index in [0.717, 1.165) is 49.0 Å². The van der Waals surface area contributed by atoms with Crippen molar-refractivity contribution >= 4 is 0 Å². The number of aromatic nitrogens is 2. The summed E-state index contributed by atoms with van der Waals surface area (Å²) in [6.07, 6.45) is 13.2. The van der Waals surface area contributed by atoms with Crippen molar-refractivity contribution in [1.29, 1.82) is 5.26 Å². The molecule has 5 nitrogen and oxygen atoms in total. The maximum atomic E-state index is 11.1. The quantitative estimate of drug-likeness (QED) is 0.624. The highest BCUT2D eigenvalue weighted by molar-refractivity contribution is 5.16. The van der Waals surface area contributed by atoms with Crippen molar-refractivity contribution in [2.45, 2.75) is 90.7 Å². The summed E-state index contributed by atoms with van der Waals surface area (Å²) in [6, 6.07) is 3.99. The molecule has 0 aliphatic heterocycles. The molecule has 4 aliphatic carbocycles. The van der Waals surface area contributed by atoms with Crippen LogP contribution in [0.25, 0.3) is 0 Å². The Labute approximate surface area is 199 Å². The minimum atomic E-state index is -0.584. The van der Waals surface area contributed by atoms with Crippen LogP contribution in [0.5, 0.6) is 0 Å². The molecular weight excluding hydrogens is 410 g/mol. The van der Waals surface area contributed by atoms with Crippen LogP contribution in [0.1, 0.15) is 84.3 Å². The van der Waals surface area contributed by atoms with E-state index < -0.39 is 5.60 Å². The first kappa shape index (κ1) is 23.4. The summed E-state index contributed by atoms with van der Waals surface area (Å²) in [6.45, 7) is 9.18. The molecule has 0 amide bonds. The lowest BCUT2D eigenvalue weighted by Crippen LogP contribution is -2.52. The van der Waals surface area contributed by atoms with Crippen molar-refractivity contribution < 1.29 is 9.84 Å². The van der Waals surface area contributed by atoms with Crippen LogP contribution in [0.4, 0.5) is 0 Å². The van der Waals surface area contributed by atoms with Gasteiger partial charge in [0, 0.05) is 19.3 Å². The number of ether oxygens (including phenoxy) is 1. The molecule has 1 N–H and O–H groups in total. The zero-order valence-electron chi connectivity index (χ0n) is 20.9. The SMILES string of the molecule is CCOC[C@@]1(O)CC[C@H]2[C@H](CC[C@@H]3[C@@H]2CC[C@]2(C)C([C@@H](C)Cn4ccc(C#N)n4)CC[C@@H]32)C1. The first-order chi connectivity index (χ1) is 15.9. The molecule has 4 aliphatic rings. The molecule has 33 heavy (non-hydrogen) atoms. The fraction of sp³-hybridized carbons (Fsp3) is 0.857. The Kier molecular flexibility index (Phi) is 6.38. The Balaban J connectivity index is 1.26. The molecule has 9 atom stereocenters. The highest BCUT2D eigenvalue weighted by atomic mass is 16.5. The Morgan fingerprint density at radius 2 is 2.00 bits per heavy atom. The van der Waals surface area contributed by atoms with Crippen LogP contribution in [0, 0.1) is 58.2 Å². The molecule has 0 bridgehead atoms. The lowest BCUT2D eigenvalue weighted by molar-refractivity contribution is -0.129. The van der Waals surface area contributed by atoms with Gasteiger partial charge in [-0.2, -0.15) is 10.4 Å². The van der Waals surface area contributed by atoms with Gasteiger partial charge in [-0.15, -0.1) is 0 Å². The molecule has 0 saturated heterocycles. The van der Waals surface area contributed by atoms with Gasteiger partial charge in [-0.1, -0.05) is 13.8 Å². The van der Waals surface area contributed by atoms with E-state index in [1.54, 1.807) is 0 Å². The number of fused-ring (bicyclic) bond motifs is 5. The summed E-state index contributed by atoms with van der Waals surface area (Å²) in [7, 11) is 0. The minimum Gasteiger partial charge on any atom is -0.387 e. The molecule has 1 aromatic rings. The summed E-state index contributed by atoms with van der Waals surface area (Å²) in [5.74, 6) is 5.47. The summed E-state index contributed by atoms with van der Waals surface area (Å²) >= 11 is 0. The molecule has 1 unspecified atom stereocenters. The zero-order chi connectivity index (χ0) is 23.2. The van der Waals surface area contributed by atoms with E-state index in [4.69, 9.17) is 10.00 Å². The van der Waals surface area contributed by atoms with E-state index in [2.05, 4.69) is 25.0 Å². The van der Waals surface area contributed by atoms with Gasteiger partial charge in [0.15, 0.2) is 5.69 Å². The largest absolute Gasteiger partial charge is 0.387 e. The lowest BCUT2D eigenvalue weighted by atomic mass is 9.48.